The Morgan fingerprint density at radius 1 is 1.11 bits per heavy atom. The fraction of sp³-hybridized carbons (Fsp3) is 0.333. The Bertz CT molecular complexity index is 92.0. The van der Waals surface area contributed by atoms with Crippen LogP contribution in [0.2, 0.25) is 0 Å². The summed E-state index contributed by atoms with van der Waals surface area (Å²) in [4.78, 5) is 18.9. The van der Waals surface area contributed by atoms with E-state index >= 15 is 0 Å². The van der Waals surface area contributed by atoms with Gasteiger partial charge in [-0.25, -0.2) is 0 Å². The van der Waals surface area contributed by atoms with Gasteiger partial charge in [0.2, 0.25) is 0 Å². The van der Waals surface area contributed by atoms with Gasteiger partial charge in [-0.3, -0.25) is 9.59 Å². The van der Waals surface area contributed by atoms with Crippen molar-refractivity contribution < 1.29 is 63.1 Å². The monoisotopic (exact) mass is 249 g/mol. The molecule has 0 aromatic heterocycles. The number of rotatable bonds is 2. The SMILES string of the molecule is O=C(O)CC(=O)O.[Mn].[Zr]. The number of carboxylic acid groups (broad SMARTS) is 2. The first-order chi connectivity index (χ1) is 3.13. The van der Waals surface area contributed by atoms with E-state index in [1.807, 2.05) is 0 Å². The molecule has 1 radical (unpaired) electrons. The van der Waals surface area contributed by atoms with Crippen molar-refractivity contribution in [2.75, 3.05) is 0 Å². The minimum atomic E-state index is -1.31. The molecule has 2 N–H and O–H groups in total. The van der Waals surface area contributed by atoms with Crippen LogP contribution in [0.15, 0.2) is 0 Å². The van der Waals surface area contributed by atoms with Crippen LogP contribution >= 0.6 is 0 Å². The van der Waals surface area contributed by atoms with Crippen LogP contribution in [0.1, 0.15) is 6.42 Å². The minimum Gasteiger partial charge on any atom is -0.481 e. The number of aliphatic carboxylic acids is 2. The van der Waals surface area contributed by atoms with Crippen LogP contribution < -0.4 is 0 Å². The Kier molecular flexibility index (Phi) is 15.0. The molecule has 9 heavy (non-hydrogen) atoms. The van der Waals surface area contributed by atoms with E-state index in [9.17, 15) is 9.59 Å². The molecule has 0 saturated heterocycles. The van der Waals surface area contributed by atoms with Gasteiger partial charge in [0.15, 0.2) is 0 Å². The van der Waals surface area contributed by atoms with E-state index in [0.717, 1.165) is 0 Å². The molecule has 0 unspecified atom stereocenters. The van der Waals surface area contributed by atoms with Gasteiger partial charge < -0.3 is 10.2 Å². The zero-order valence-electron chi connectivity index (χ0n) is 4.30. The molecule has 0 aromatic rings. The topological polar surface area (TPSA) is 74.6 Å². The standard InChI is InChI=1S/C3H4O4.Mn.Zr/c4-2(5)1-3(6)7;;/h1H2,(H,4,5)(H,6,7);;. The predicted molar refractivity (Wildman–Crippen MR) is 19.9 cm³/mol. The van der Waals surface area contributed by atoms with Crippen molar-refractivity contribution in [3.63, 3.8) is 0 Å². The zero-order valence-corrected chi connectivity index (χ0v) is 7.93. The molecule has 0 atom stereocenters. The third-order valence-electron chi connectivity index (χ3n) is 0.302. The van der Waals surface area contributed by atoms with E-state index in [-0.39, 0.29) is 43.3 Å². The van der Waals surface area contributed by atoms with Crippen molar-refractivity contribution in [1.82, 2.24) is 0 Å². The van der Waals surface area contributed by atoms with Gasteiger partial charge in [-0.15, -0.1) is 0 Å². The normalized spacial score (nSPS) is 6.22. The molecule has 0 bridgehead atoms. The number of carboxylic acids is 2. The molecule has 0 aliphatic carbocycles. The minimum absolute atomic E-state index is 0. The molecule has 0 amide bonds. The van der Waals surface area contributed by atoms with Gasteiger partial charge in [0.05, 0.1) is 0 Å². The zero-order chi connectivity index (χ0) is 5.86. The van der Waals surface area contributed by atoms with Crippen molar-refractivity contribution in [1.29, 1.82) is 0 Å². The maximum Gasteiger partial charge on any atom is 0.314 e. The molecule has 0 aromatic carbocycles. The van der Waals surface area contributed by atoms with Crippen LogP contribution in [0.3, 0.4) is 0 Å². The predicted octanol–water partition coefficient (Wildman–Crippen LogP) is -0.459. The Morgan fingerprint density at radius 3 is 1.33 bits per heavy atom. The molecule has 0 heterocycles. The molecule has 0 spiro atoms. The van der Waals surface area contributed by atoms with Crippen molar-refractivity contribution >= 4 is 11.9 Å². The summed E-state index contributed by atoms with van der Waals surface area (Å²) in [5.74, 6) is -2.62. The smallest absolute Gasteiger partial charge is 0.314 e. The second kappa shape index (κ2) is 8.34. The summed E-state index contributed by atoms with van der Waals surface area (Å²) < 4.78 is 0. The molecule has 0 aliphatic heterocycles. The van der Waals surface area contributed by atoms with E-state index in [2.05, 4.69) is 0 Å². The summed E-state index contributed by atoms with van der Waals surface area (Å²) in [6.45, 7) is 0. The van der Waals surface area contributed by atoms with E-state index in [1.165, 1.54) is 0 Å². The Morgan fingerprint density at radius 2 is 1.33 bits per heavy atom. The van der Waals surface area contributed by atoms with Gasteiger partial charge in [0.1, 0.15) is 6.42 Å². The van der Waals surface area contributed by atoms with Crippen molar-refractivity contribution in [3.05, 3.63) is 0 Å². The van der Waals surface area contributed by atoms with E-state index in [4.69, 9.17) is 10.2 Å². The van der Waals surface area contributed by atoms with E-state index < -0.39 is 18.4 Å². The summed E-state index contributed by atoms with van der Waals surface area (Å²) >= 11 is 0. The number of carbonyl (C=O) groups is 2. The van der Waals surface area contributed by atoms with Gasteiger partial charge in [0.25, 0.3) is 0 Å². The summed E-state index contributed by atoms with van der Waals surface area (Å²) in [5.41, 5.74) is 0. The van der Waals surface area contributed by atoms with Gasteiger partial charge in [-0.05, 0) is 0 Å². The molecule has 4 nitrogen and oxygen atoms in total. The van der Waals surface area contributed by atoms with Crippen LogP contribution in [-0.2, 0) is 52.9 Å². The van der Waals surface area contributed by atoms with Crippen LogP contribution in [0.5, 0.6) is 0 Å². The Hall–Kier alpha value is 0.343. The van der Waals surface area contributed by atoms with Crippen LogP contribution in [0.4, 0.5) is 0 Å². The second-order valence-corrected chi connectivity index (χ2v) is 0.964. The summed E-state index contributed by atoms with van der Waals surface area (Å²) in [6.07, 6.45) is -0.806. The third-order valence-corrected chi connectivity index (χ3v) is 0.302. The summed E-state index contributed by atoms with van der Waals surface area (Å²) in [7, 11) is 0. The van der Waals surface area contributed by atoms with Gasteiger partial charge in [-0.1, -0.05) is 0 Å². The molecular weight excluding hydrogens is 246 g/mol. The Balaban J connectivity index is -0.000000180. The first-order valence-corrected chi connectivity index (χ1v) is 1.56. The van der Waals surface area contributed by atoms with Crippen molar-refractivity contribution in [3.8, 4) is 0 Å². The quantitative estimate of drug-likeness (QED) is 0.514. The summed E-state index contributed by atoms with van der Waals surface area (Å²) in [6, 6.07) is 0. The maximum atomic E-state index is 9.43. The number of hydrogen-bond donors (Lipinski definition) is 2. The fourth-order valence-electron chi connectivity index (χ4n) is 0.129. The fourth-order valence-corrected chi connectivity index (χ4v) is 0.129. The maximum absolute atomic E-state index is 9.43. The first kappa shape index (κ1) is 16.2. The third kappa shape index (κ3) is 17.8. The van der Waals surface area contributed by atoms with Crippen molar-refractivity contribution in [2.24, 2.45) is 0 Å². The van der Waals surface area contributed by atoms with Gasteiger partial charge >= 0.3 is 11.9 Å². The molecule has 51 valence electrons. The van der Waals surface area contributed by atoms with Crippen LogP contribution in [0.25, 0.3) is 0 Å². The van der Waals surface area contributed by atoms with E-state index in [1.54, 1.807) is 0 Å². The van der Waals surface area contributed by atoms with E-state index in [0.29, 0.717) is 0 Å². The molecule has 6 heteroatoms. The average Bonchev–Trinajstić information content (AvgIpc) is 1.27. The average molecular weight is 250 g/mol. The van der Waals surface area contributed by atoms with Gasteiger partial charge in [0, 0.05) is 43.3 Å². The largest absolute Gasteiger partial charge is 0.481 e. The number of hydrogen-bond acceptors (Lipinski definition) is 2. The Labute approximate surface area is 81.2 Å². The first-order valence-electron chi connectivity index (χ1n) is 1.56. The molecule has 0 rings (SSSR count). The molecule has 0 aliphatic rings. The summed E-state index contributed by atoms with van der Waals surface area (Å²) in [5, 5.41) is 15.4. The molecule has 0 saturated carbocycles. The molecule has 0 fully saturated rings. The second-order valence-electron chi connectivity index (χ2n) is 0.964. The van der Waals surface area contributed by atoms with Crippen molar-refractivity contribution in [2.45, 2.75) is 6.42 Å². The molecular formula is C3H4MnO4Zr. The van der Waals surface area contributed by atoms with Crippen LogP contribution in [0, 0.1) is 0 Å². The van der Waals surface area contributed by atoms with Crippen LogP contribution in [-0.4, -0.2) is 22.2 Å². The van der Waals surface area contributed by atoms with Gasteiger partial charge in [-0.2, -0.15) is 0 Å².